The fourth-order valence-corrected chi connectivity index (χ4v) is 3.27. The number of methoxy groups -OCH3 is 1. The Morgan fingerprint density at radius 1 is 1.21 bits per heavy atom. The molecular weight excluding hydrogens is 363 g/mol. The first kappa shape index (κ1) is 18.4. The Morgan fingerprint density at radius 2 is 1.96 bits per heavy atom. The summed E-state index contributed by atoms with van der Waals surface area (Å²) < 4.78 is 23.8. The van der Waals surface area contributed by atoms with E-state index in [4.69, 9.17) is 9.47 Å². The van der Waals surface area contributed by atoms with Gasteiger partial charge < -0.3 is 14.4 Å². The second-order valence-electron chi connectivity index (χ2n) is 6.50. The summed E-state index contributed by atoms with van der Waals surface area (Å²) in [6, 6.07) is 9.24. The number of rotatable bonds is 4. The third-order valence-corrected chi connectivity index (χ3v) is 4.75. The van der Waals surface area contributed by atoms with Crippen LogP contribution in [0.3, 0.4) is 0 Å². The van der Waals surface area contributed by atoms with Gasteiger partial charge in [0.2, 0.25) is 11.8 Å². The Labute approximate surface area is 162 Å². The molecule has 1 unspecified atom stereocenters. The molecule has 2 aliphatic rings. The number of hydrazine groups is 1. The molecule has 8 heteroatoms. The molecule has 1 aromatic heterocycles. The highest BCUT2D eigenvalue weighted by Gasteiger charge is 2.33. The van der Waals surface area contributed by atoms with Crippen molar-refractivity contribution in [3.63, 3.8) is 0 Å². The highest BCUT2D eigenvalue weighted by atomic mass is 19.1. The van der Waals surface area contributed by atoms with Gasteiger partial charge in [-0.15, -0.1) is 0 Å². The first-order chi connectivity index (χ1) is 13.7. The SMILES string of the molecule is COc1ccc(N2NC(C(=O)N3CCOCC3)C=C2c2ccc(F)cc2)cn1. The smallest absolute Gasteiger partial charge is 0.245 e. The number of hydrogen-bond donors (Lipinski definition) is 1. The monoisotopic (exact) mass is 384 g/mol. The molecule has 0 spiro atoms. The zero-order valence-corrected chi connectivity index (χ0v) is 15.5. The lowest BCUT2D eigenvalue weighted by Gasteiger charge is -2.30. The van der Waals surface area contributed by atoms with Crippen LogP contribution in [0, 0.1) is 5.82 Å². The first-order valence-electron chi connectivity index (χ1n) is 9.06. The van der Waals surface area contributed by atoms with Gasteiger partial charge in [-0.3, -0.25) is 9.80 Å². The number of aromatic nitrogens is 1. The lowest BCUT2D eigenvalue weighted by molar-refractivity contribution is -0.136. The van der Waals surface area contributed by atoms with Crippen molar-refractivity contribution in [2.75, 3.05) is 38.4 Å². The van der Waals surface area contributed by atoms with Crippen LogP contribution in [0.2, 0.25) is 0 Å². The third-order valence-electron chi connectivity index (χ3n) is 4.75. The summed E-state index contributed by atoms with van der Waals surface area (Å²) in [6.07, 6.45) is 3.51. The molecule has 146 valence electrons. The number of pyridine rings is 1. The van der Waals surface area contributed by atoms with Crippen LogP contribution < -0.4 is 15.2 Å². The molecule has 3 heterocycles. The van der Waals surface area contributed by atoms with Crippen molar-refractivity contribution < 1.29 is 18.7 Å². The van der Waals surface area contributed by atoms with Crippen LogP contribution in [0.1, 0.15) is 5.56 Å². The van der Waals surface area contributed by atoms with Gasteiger partial charge in [-0.25, -0.2) is 14.8 Å². The molecule has 1 fully saturated rings. The number of nitrogens with one attached hydrogen (secondary N) is 1. The van der Waals surface area contributed by atoms with Crippen LogP contribution in [0.5, 0.6) is 5.88 Å². The van der Waals surface area contributed by atoms with Gasteiger partial charge in [-0.05, 0) is 42.0 Å². The van der Waals surface area contributed by atoms with Gasteiger partial charge in [-0.1, -0.05) is 0 Å². The second-order valence-corrected chi connectivity index (χ2v) is 6.50. The van der Waals surface area contributed by atoms with Gasteiger partial charge in [0, 0.05) is 19.2 Å². The number of halogens is 1. The van der Waals surface area contributed by atoms with Crippen LogP contribution >= 0.6 is 0 Å². The molecule has 0 bridgehead atoms. The standard InChI is InChI=1S/C20H21FN4O3/c1-27-19-7-6-16(13-22-19)25-18(14-2-4-15(21)5-3-14)12-17(23-25)20(26)24-8-10-28-11-9-24/h2-7,12-13,17,23H,8-11H2,1H3. The van der Waals surface area contributed by atoms with Crippen molar-refractivity contribution in [3.8, 4) is 5.88 Å². The number of anilines is 1. The normalized spacial score (nSPS) is 19.5. The maximum atomic E-state index is 13.4. The van der Waals surface area contributed by atoms with Crippen molar-refractivity contribution >= 4 is 17.3 Å². The summed E-state index contributed by atoms with van der Waals surface area (Å²) in [7, 11) is 1.55. The van der Waals surface area contributed by atoms with Crippen LogP contribution in [-0.2, 0) is 9.53 Å². The minimum Gasteiger partial charge on any atom is -0.481 e. The van der Waals surface area contributed by atoms with E-state index in [1.165, 1.54) is 12.1 Å². The number of nitrogens with zero attached hydrogens (tertiary/aromatic N) is 3. The lowest BCUT2D eigenvalue weighted by Crippen LogP contribution is -2.50. The fraction of sp³-hybridized carbons (Fsp3) is 0.300. The number of amides is 1. The highest BCUT2D eigenvalue weighted by Crippen LogP contribution is 2.30. The molecule has 1 aromatic carbocycles. The highest BCUT2D eigenvalue weighted by molar-refractivity contribution is 5.92. The molecule has 1 N–H and O–H groups in total. The summed E-state index contributed by atoms with van der Waals surface area (Å²) in [5.74, 6) is 0.164. The van der Waals surface area contributed by atoms with E-state index in [1.54, 1.807) is 41.4 Å². The molecule has 4 rings (SSSR count). The minimum atomic E-state index is -0.528. The number of morpholine rings is 1. The molecule has 2 aromatic rings. The minimum absolute atomic E-state index is 0.0214. The molecule has 1 saturated heterocycles. The average Bonchev–Trinajstić information content (AvgIpc) is 3.20. The average molecular weight is 384 g/mol. The van der Waals surface area contributed by atoms with Crippen LogP contribution in [0.4, 0.5) is 10.1 Å². The largest absolute Gasteiger partial charge is 0.481 e. The summed E-state index contributed by atoms with van der Waals surface area (Å²) in [4.78, 5) is 19.0. The summed E-state index contributed by atoms with van der Waals surface area (Å²) in [6.45, 7) is 2.22. The maximum absolute atomic E-state index is 13.4. The number of carbonyl (C=O) groups excluding carboxylic acids is 1. The van der Waals surface area contributed by atoms with Gasteiger partial charge in [-0.2, -0.15) is 0 Å². The van der Waals surface area contributed by atoms with Crippen molar-refractivity contribution in [1.82, 2.24) is 15.3 Å². The van der Waals surface area contributed by atoms with E-state index < -0.39 is 6.04 Å². The topological polar surface area (TPSA) is 66.9 Å². The molecular formula is C20H21FN4O3. The van der Waals surface area contributed by atoms with Gasteiger partial charge in [0.1, 0.15) is 11.9 Å². The molecule has 0 aliphatic carbocycles. The Kier molecular flexibility index (Phi) is 5.23. The predicted molar refractivity (Wildman–Crippen MR) is 102 cm³/mol. The van der Waals surface area contributed by atoms with E-state index in [2.05, 4.69) is 10.4 Å². The molecule has 0 saturated carbocycles. The van der Waals surface area contributed by atoms with E-state index in [1.807, 2.05) is 12.1 Å². The van der Waals surface area contributed by atoms with Crippen LogP contribution in [-0.4, -0.2) is 55.2 Å². The Morgan fingerprint density at radius 3 is 2.61 bits per heavy atom. The lowest BCUT2D eigenvalue weighted by atomic mass is 10.1. The van der Waals surface area contributed by atoms with E-state index in [-0.39, 0.29) is 11.7 Å². The zero-order valence-electron chi connectivity index (χ0n) is 15.5. The van der Waals surface area contributed by atoms with Gasteiger partial charge in [0.15, 0.2) is 0 Å². The van der Waals surface area contributed by atoms with Gasteiger partial charge in [0.05, 0.1) is 37.9 Å². The molecule has 1 amide bonds. The third kappa shape index (κ3) is 3.69. The van der Waals surface area contributed by atoms with Crippen molar-refractivity contribution in [2.24, 2.45) is 0 Å². The van der Waals surface area contributed by atoms with Crippen LogP contribution in [0.15, 0.2) is 48.7 Å². The van der Waals surface area contributed by atoms with E-state index in [0.29, 0.717) is 32.2 Å². The number of hydrogen-bond acceptors (Lipinski definition) is 6. The predicted octanol–water partition coefficient (Wildman–Crippen LogP) is 1.82. The van der Waals surface area contributed by atoms with Gasteiger partial charge >= 0.3 is 0 Å². The van der Waals surface area contributed by atoms with Crippen molar-refractivity contribution in [3.05, 3.63) is 60.1 Å². The summed E-state index contributed by atoms with van der Waals surface area (Å²) in [5.41, 5.74) is 5.54. The van der Waals surface area contributed by atoms with Crippen LogP contribution in [0.25, 0.3) is 5.70 Å². The second kappa shape index (κ2) is 7.95. The van der Waals surface area contributed by atoms with Crippen molar-refractivity contribution in [1.29, 1.82) is 0 Å². The summed E-state index contributed by atoms with van der Waals surface area (Å²) >= 11 is 0. The van der Waals surface area contributed by atoms with Crippen molar-refractivity contribution in [2.45, 2.75) is 6.04 Å². The molecule has 28 heavy (non-hydrogen) atoms. The summed E-state index contributed by atoms with van der Waals surface area (Å²) in [5, 5.41) is 1.79. The fourth-order valence-electron chi connectivity index (χ4n) is 3.27. The van der Waals surface area contributed by atoms with E-state index >= 15 is 0 Å². The van der Waals surface area contributed by atoms with E-state index in [9.17, 15) is 9.18 Å². The maximum Gasteiger partial charge on any atom is 0.245 e. The van der Waals surface area contributed by atoms with E-state index in [0.717, 1.165) is 16.9 Å². The Balaban J connectivity index is 1.64. The molecule has 1 atom stereocenters. The Bertz CT molecular complexity index is 864. The zero-order chi connectivity index (χ0) is 19.5. The Hall–Kier alpha value is -2.97. The first-order valence-corrected chi connectivity index (χ1v) is 9.06. The molecule has 0 radical (unpaired) electrons. The number of carbonyl (C=O) groups is 1. The number of benzene rings is 1. The number of ether oxygens (including phenoxy) is 2. The molecule has 7 nitrogen and oxygen atoms in total. The van der Waals surface area contributed by atoms with Gasteiger partial charge in [0.25, 0.3) is 0 Å². The molecule has 2 aliphatic heterocycles. The quantitative estimate of drug-likeness (QED) is 0.868.